The molecule has 17 heavy (non-hydrogen) atoms. The lowest BCUT2D eigenvalue weighted by atomic mass is 9.84. The van der Waals surface area contributed by atoms with Gasteiger partial charge in [-0.25, -0.2) is 0 Å². The van der Waals surface area contributed by atoms with Crippen LogP contribution in [0.4, 0.5) is 0 Å². The third-order valence-electron chi connectivity index (χ3n) is 4.81. The summed E-state index contributed by atoms with van der Waals surface area (Å²) >= 11 is 0. The van der Waals surface area contributed by atoms with E-state index >= 15 is 0 Å². The molecule has 2 heteroatoms. The van der Waals surface area contributed by atoms with Crippen LogP contribution in [0.25, 0.3) is 0 Å². The third kappa shape index (κ3) is 3.03. The van der Waals surface area contributed by atoms with E-state index in [1.807, 2.05) is 0 Å². The fourth-order valence-corrected chi connectivity index (χ4v) is 3.13. The minimum atomic E-state index is 0.375. The fourth-order valence-electron chi connectivity index (χ4n) is 3.13. The van der Waals surface area contributed by atoms with Gasteiger partial charge in [0.15, 0.2) is 0 Å². The van der Waals surface area contributed by atoms with Crippen molar-refractivity contribution in [3.05, 3.63) is 0 Å². The molecule has 2 aliphatic rings. The monoisotopic (exact) mass is 238 g/mol. The third-order valence-corrected chi connectivity index (χ3v) is 4.81. The highest BCUT2D eigenvalue weighted by atomic mass is 15.3. The Hall–Kier alpha value is -0.0800. The summed E-state index contributed by atoms with van der Waals surface area (Å²) in [6.45, 7) is 14.3. The molecule has 1 heterocycles. The van der Waals surface area contributed by atoms with Crippen molar-refractivity contribution >= 4 is 0 Å². The Balaban J connectivity index is 2.03. The molecule has 0 amide bonds. The van der Waals surface area contributed by atoms with E-state index in [0.29, 0.717) is 11.5 Å². The summed E-state index contributed by atoms with van der Waals surface area (Å²) in [6, 6.07) is 2.20. The maximum absolute atomic E-state index is 3.76. The molecule has 100 valence electrons. The van der Waals surface area contributed by atoms with Gasteiger partial charge in [0.1, 0.15) is 0 Å². The topological polar surface area (TPSA) is 15.3 Å². The van der Waals surface area contributed by atoms with Crippen LogP contribution >= 0.6 is 0 Å². The Morgan fingerprint density at radius 1 is 1.29 bits per heavy atom. The summed E-state index contributed by atoms with van der Waals surface area (Å²) in [4.78, 5) is 2.80. The number of nitrogens with one attached hydrogen (secondary N) is 1. The molecule has 3 unspecified atom stereocenters. The van der Waals surface area contributed by atoms with Gasteiger partial charge < -0.3 is 5.32 Å². The molecule has 2 nitrogen and oxygen atoms in total. The minimum absolute atomic E-state index is 0.375. The van der Waals surface area contributed by atoms with Gasteiger partial charge in [-0.3, -0.25) is 4.90 Å². The van der Waals surface area contributed by atoms with Crippen molar-refractivity contribution in [1.82, 2.24) is 10.2 Å². The van der Waals surface area contributed by atoms with E-state index in [0.717, 1.165) is 18.0 Å². The van der Waals surface area contributed by atoms with Crippen molar-refractivity contribution in [2.45, 2.75) is 72.0 Å². The lowest BCUT2D eigenvalue weighted by molar-refractivity contribution is 0.0459. The molecule has 0 aromatic heterocycles. The Labute approximate surface area is 107 Å². The number of nitrogens with zero attached hydrogens (tertiary/aromatic N) is 1. The average Bonchev–Trinajstić information content (AvgIpc) is 3.09. The van der Waals surface area contributed by atoms with Gasteiger partial charge in [0.25, 0.3) is 0 Å². The van der Waals surface area contributed by atoms with Gasteiger partial charge in [0, 0.05) is 31.2 Å². The van der Waals surface area contributed by atoms with Crippen LogP contribution < -0.4 is 5.32 Å². The van der Waals surface area contributed by atoms with Crippen LogP contribution in [-0.2, 0) is 0 Å². The van der Waals surface area contributed by atoms with Gasteiger partial charge in [-0.1, -0.05) is 27.7 Å². The van der Waals surface area contributed by atoms with Gasteiger partial charge in [0.05, 0.1) is 0 Å². The van der Waals surface area contributed by atoms with Crippen LogP contribution in [0.3, 0.4) is 0 Å². The zero-order chi connectivity index (χ0) is 12.6. The van der Waals surface area contributed by atoms with Crippen molar-refractivity contribution in [2.75, 3.05) is 13.1 Å². The maximum Gasteiger partial charge on any atom is 0.0244 e. The highest BCUT2D eigenvalue weighted by Crippen LogP contribution is 2.37. The fraction of sp³-hybridized carbons (Fsp3) is 1.00. The van der Waals surface area contributed by atoms with Crippen LogP contribution in [0.15, 0.2) is 0 Å². The second kappa shape index (κ2) is 4.89. The molecule has 1 saturated heterocycles. The van der Waals surface area contributed by atoms with E-state index in [1.165, 1.54) is 32.4 Å². The Bertz CT molecular complexity index is 250. The van der Waals surface area contributed by atoms with Crippen molar-refractivity contribution < 1.29 is 0 Å². The van der Waals surface area contributed by atoms with Gasteiger partial charge >= 0.3 is 0 Å². The average molecular weight is 238 g/mol. The van der Waals surface area contributed by atoms with E-state index in [1.54, 1.807) is 0 Å². The largest absolute Gasteiger partial charge is 0.311 e. The summed E-state index contributed by atoms with van der Waals surface area (Å²) < 4.78 is 0. The molecule has 2 rings (SSSR count). The molecule has 2 fully saturated rings. The second-order valence-electron chi connectivity index (χ2n) is 7.16. The van der Waals surface area contributed by atoms with E-state index in [-0.39, 0.29) is 0 Å². The summed E-state index contributed by atoms with van der Waals surface area (Å²) in [5.41, 5.74) is 0.375. The molecule has 3 atom stereocenters. The van der Waals surface area contributed by atoms with Gasteiger partial charge in [-0.15, -0.1) is 0 Å². The zero-order valence-electron chi connectivity index (χ0n) is 12.3. The van der Waals surface area contributed by atoms with Crippen molar-refractivity contribution in [3.8, 4) is 0 Å². The minimum Gasteiger partial charge on any atom is -0.311 e. The summed E-state index contributed by atoms with van der Waals surface area (Å²) in [5, 5.41) is 3.76. The second-order valence-corrected chi connectivity index (χ2v) is 7.16. The molecule has 1 saturated carbocycles. The number of hydrogen-bond donors (Lipinski definition) is 1. The molecule has 0 bridgehead atoms. The highest BCUT2D eigenvalue weighted by Gasteiger charge is 2.39. The predicted molar refractivity (Wildman–Crippen MR) is 74.2 cm³/mol. The Kier molecular flexibility index (Phi) is 3.84. The number of rotatable bonds is 3. The number of piperazine rings is 1. The Morgan fingerprint density at radius 2 is 1.94 bits per heavy atom. The van der Waals surface area contributed by atoms with Crippen molar-refractivity contribution in [1.29, 1.82) is 0 Å². The van der Waals surface area contributed by atoms with Crippen LogP contribution in [0.2, 0.25) is 0 Å². The molecule has 0 radical (unpaired) electrons. The first-order chi connectivity index (χ1) is 7.93. The zero-order valence-corrected chi connectivity index (χ0v) is 12.3. The van der Waals surface area contributed by atoms with Gasteiger partial charge in [-0.05, 0) is 37.5 Å². The molecule has 0 spiro atoms. The normalized spacial score (nSPS) is 33.7. The first kappa shape index (κ1) is 13.4. The standard InChI is InChI=1S/C15H30N2/c1-6-13-9-16-14(15(3,4)5)10-17(13)11(2)12-7-8-12/h11-14,16H,6-10H2,1-5H3. The smallest absolute Gasteiger partial charge is 0.0244 e. The first-order valence-corrected chi connectivity index (χ1v) is 7.42. The maximum atomic E-state index is 3.76. The van der Waals surface area contributed by atoms with E-state index in [9.17, 15) is 0 Å². The van der Waals surface area contributed by atoms with Crippen molar-refractivity contribution in [2.24, 2.45) is 11.3 Å². The molecular formula is C15H30N2. The molecule has 1 N–H and O–H groups in total. The lowest BCUT2D eigenvalue weighted by Crippen LogP contribution is -2.62. The summed E-state index contributed by atoms with van der Waals surface area (Å²) in [6.07, 6.45) is 4.20. The van der Waals surface area contributed by atoms with E-state index < -0.39 is 0 Å². The summed E-state index contributed by atoms with van der Waals surface area (Å²) in [5.74, 6) is 0.989. The van der Waals surface area contributed by atoms with Crippen LogP contribution in [0, 0.1) is 11.3 Å². The Morgan fingerprint density at radius 3 is 2.41 bits per heavy atom. The van der Waals surface area contributed by atoms with Crippen molar-refractivity contribution in [3.63, 3.8) is 0 Å². The van der Waals surface area contributed by atoms with Gasteiger partial charge in [0.2, 0.25) is 0 Å². The quantitative estimate of drug-likeness (QED) is 0.813. The van der Waals surface area contributed by atoms with Gasteiger partial charge in [-0.2, -0.15) is 0 Å². The SMILES string of the molecule is CCC1CNC(C(C)(C)C)CN1C(C)C1CC1. The number of hydrogen-bond acceptors (Lipinski definition) is 2. The summed E-state index contributed by atoms with van der Waals surface area (Å²) in [7, 11) is 0. The molecule has 1 aliphatic heterocycles. The van der Waals surface area contributed by atoms with E-state index in [4.69, 9.17) is 0 Å². The predicted octanol–water partition coefficient (Wildman–Crippen LogP) is 2.88. The molecule has 1 aliphatic carbocycles. The van der Waals surface area contributed by atoms with Crippen LogP contribution in [-0.4, -0.2) is 36.1 Å². The van der Waals surface area contributed by atoms with Crippen LogP contribution in [0.1, 0.15) is 53.9 Å². The molecule has 0 aromatic rings. The molecule has 0 aromatic carbocycles. The first-order valence-electron chi connectivity index (χ1n) is 7.42. The highest BCUT2D eigenvalue weighted by molar-refractivity contribution is 4.96. The van der Waals surface area contributed by atoms with E-state index in [2.05, 4.69) is 44.8 Å². The van der Waals surface area contributed by atoms with Crippen LogP contribution in [0.5, 0.6) is 0 Å². The lowest BCUT2D eigenvalue weighted by Gasteiger charge is -2.47. The molecular weight excluding hydrogens is 208 g/mol.